The Hall–Kier alpha value is -2.28. The molecule has 0 saturated carbocycles. The molecular weight excluding hydrogens is 365 g/mol. The van der Waals surface area contributed by atoms with Gasteiger partial charge >= 0.3 is 0 Å². The van der Waals surface area contributed by atoms with Crippen molar-refractivity contribution in [2.45, 2.75) is 18.9 Å². The third kappa shape index (κ3) is 5.14. The highest BCUT2D eigenvalue weighted by Gasteiger charge is 2.20. The lowest BCUT2D eigenvalue weighted by molar-refractivity contribution is -0.127. The molecule has 0 fully saturated rings. The van der Waals surface area contributed by atoms with Gasteiger partial charge in [-0.05, 0) is 45.3 Å². The van der Waals surface area contributed by atoms with E-state index >= 15 is 0 Å². The maximum atomic E-state index is 13.1. The average Bonchev–Trinajstić information content (AvgIpc) is 2.48. The summed E-state index contributed by atoms with van der Waals surface area (Å²) in [7, 11) is 0. The molecule has 1 heterocycles. The molecule has 0 bridgehead atoms. The fraction of sp³-hybridized carbons (Fsp3) is 0.188. The highest BCUT2D eigenvalue weighted by molar-refractivity contribution is 9.10. The van der Waals surface area contributed by atoms with Gasteiger partial charge in [0.15, 0.2) is 0 Å². The monoisotopic (exact) mass is 379 g/mol. The van der Waals surface area contributed by atoms with Crippen LogP contribution in [0.1, 0.15) is 11.1 Å². The van der Waals surface area contributed by atoms with Crippen molar-refractivity contribution in [2.75, 3.05) is 0 Å². The summed E-state index contributed by atoms with van der Waals surface area (Å²) >= 11 is 3.28. The van der Waals surface area contributed by atoms with Crippen LogP contribution in [-0.2, 0) is 22.4 Å². The second-order valence-corrected chi connectivity index (χ2v) is 5.74. The number of halogens is 2. The van der Waals surface area contributed by atoms with Crippen molar-refractivity contribution < 1.29 is 14.0 Å². The van der Waals surface area contributed by atoms with Crippen LogP contribution in [0, 0.1) is 5.82 Å². The van der Waals surface area contributed by atoms with Crippen LogP contribution in [0.15, 0.2) is 47.2 Å². The van der Waals surface area contributed by atoms with Crippen LogP contribution in [0.3, 0.4) is 0 Å². The van der Waals surface area contributed by atoms with E-state index in [-0.39, 0.29) is 12.8 Å². The van der Waals surface area contributed by atoms with Crippen LogP contribution in [0.25, 0.3) is 0 Å². The molecule has 2 aromatic rings. The third-order valence-electron chi connectivity index (χ3n) is 3.19. The molecule has 23 heavy (non-hydrogen) atoms. The molecule has 2 rings (SSSR count). The number of benzene rings is 1. The molecule has 7 heteroatoms. The smallest absolute Gasteiger partial charge is 0.240 e. The Kier molecular flexibility index (Phi) is 5.81. The minimum absolute atomic E-state index is 0.0320. The molecule has 3 N–H and O–H groups in total. The van der Waals surface area contributed by atoms with E-state index in [1.54, 1.807) is 24.4 Å². The third-order valence-corrected chi connectivity index (χ3v) is 3.91. The summed E-state index contributed by atoms with van der Waals surface area (Å²) in [5, 5.41) is 2.58. The van der Waals surface area contributed by atoms with E-state index < -0.39 is 23.7 Å². The predicted molar refractivity (Wildman–Crippen MR) is 86.9 cm³/mol. The maximum Gasteiger partial charge on any atom is 0.240 e. The minimum Gasteiger partial charge on any atom is -0.368 e. The Labute approximate surface area is 141 Å². The van der Waals surface area contributed by atoms with Crippen LogP contribution in [0.5, 0.6) is 0 Å². The molecule has 0 aliphatic heterocycles. The largest absolute Gasteiger partial charge is 0.368 e. The van der Waals surface area contributed by atoms with Crippen LogP contribution in [0.2, 0.25) is 0 Å². The number of pyridine rings is 1. The molecule has 0 saturated heterocycles. The Balaban J connectivity index is 2.03. The average molecular weight is 380 g/mol. The first-order valence-corrected chi connectivity index (χ1v) is 7.67. The molecule has 1 aromatic heterocycles. The molecule has 0 aliphatic carbocycles. The summed E-state index contributed by atoms with van der Waals surface area (Å²) in [4.78, 5) is 27.7. The number of nitrogens with zero attached hydrogens (tertiary/aromatic N) is 1. The second-order valence-electron chi connectivity index (χ2n) is 4.99. The molecule has 0 radical (unpaired) electrons. The lowest BCUT2D eigenvalue weighted by atomic mass is 10.1. The Morgan fingerprint density at radius 1 is 1.30 bits per heavy atom. The molecule has 120 valence electrons. The first kappa shape index (κ1) is 17.1. The van der Waals surface area contributed by atoms with E-state index in [9.17, 15) is 14.0 Å². The number of amides is 2. The lowest BCUT2D eigenvalue weighted by Crippen LogP contribution is -2.46. The van der Waals surface area contributed by atoms with Gasteiger partial charge in [-0.1, -0.05) is 18.2 Å². The van der Waals surface area contributed by atoms with E-state index in [1.165, 1.54) is 18.2 Å². The van der Waals surface area contributed by atoms with E-state index in [0.29, 0.717) is 10.2 Å². The van der Waals surface area contributed by atoms with Gasteiger partial charge in [-0.15, -0.1) is 0 Å². The zero-order chi connectivity index (χ0) is 16.8. The van der Waals surface area contributed by atoms with Gasteiger partial charge in [-0.3, -0.25) is 9.59 Å². The summed E-state index contributed by atoms with van der Waals surface area (Å²) in [5.41, 5.74) is 6.62. The van der Waals surface area contributed by atoms with Gasteiger partial charge < -0.3 is 11.1 Å². The fourth-order valence-corrected chi connectivity index (χ4v) is 2.50. The van der Waals surface area contributed by atoms with Crippen molar-refractivity contribution >= 4 is 27.7 Å². The second kappa shape index (κ2) is 7.82. The quantitative estimate of drug-likeness (QED) is 0.749. The predicted octanol–water partition coefficient (Wildman–Crippen LogP) is 1.74. The molecule has 0 aliphatic rings. The van der Waals surface area contributed by atoms with E-state index in [4.69, 9.17) is 5.73 Å². The van der Waals surface area contributed by atoms with Crippen molar-refractivity contribution in [2.24, 2.45) is 5.73 Å². The first-order chi connectivity index (χ1) is 11.0. The standard InChI is InChI=1S/C16H15BrFN3O2/c17-15-11(4-2-6-20-15)9-13(16(19)23)21-14(22)8-10-3-1-5-12(18)7-10/h1-7,13H,8-9H2,(H2,19,23)(H,21,22)/t13-/m0/s1. The van der Waals surface area contributed by atoms with Crippen molar-refractivity contribution in [1.29, 1.82) is 0 Å². The maximum absolute atomic E-state index is 13.1. The summed E-state index contributed by atoms with van der Waals surface area (Å²) < 4.78 is 13.7. The molecule has 0 unspecified atom stereocenters. The molecule has 1 atom stereocenters. The summed E-state index contributed by atoms with van der Waals surface area (Å²) in [6.45, 7) is 0. The number of hydrogen-bond donors (Lipinski definition) is 2. The van der Waals surface area contributed by atoms with Gasteiger partial charge in [0.1, 0.15) is 16.5 Å². The first-order valence-electron chi connectivity index (χ1n) is 6.88. The molecule has 0 spiro atoms. The zero-order valence-electron chi connectivity index (χ0n) is 12.1. The number of aromatic nitrogens is 1. The zero-order valence-corrected chi connectivity index (χ0v) is 13.7. The fourth-order valence-electron chi connectivity index (χ4n) is 2.09. The molecule has 5 nitrogen and oxygen atoms in total. The number of nitrogens with one attached hydrogen (secondary N) is 1. The van der Waals surface area contributed by atoms with Crippen LogP contribution in [-0.4, -0.2) is 22.8 Å². The minimum atomic E-state index is -0.864. The molecular formula is C16H15BrFN3O2. The molecule has 2 amide bonds. The van der Waals surface area contributed by atoms with Gasteiger partial charge in [0.25, 0.3) is 0 Å². The van der Waals surface area contributed by atoms with E-state index in [0.717, 1.165) is 5.56 Å². The number of carbonyl (C=O) groups excluding carboxylic acids is 2. The number of rotatable bonds is 6. The van der Waals surface area contributed by atoms with E-state index in [2.05, 4.69) is 26.2 Å². The van der Waals surface area contributed by atoms with Crippen LogP contribution >= 0.6 is 15.9 Å². The normalized spacial score (nSPS) is 11.7. The van der Waals surface area contributed by atoms with Crippen molar-refractivity contribution in [3.8, 4) is 0 Å². The number of carbonyl (C=O) groups is 2. The van der Waals surface area contributed by atoms with Gasteiger partial charge in [0.05, 0.1) is 6.42 Å². The lowest BCUT2D eigenvalue weighted by Gasteiger charge is -2.16. The number of hydrogen-bond acceptors (Lipinski definition) is 3. The molecule has 1 aromatic carbocycles. The SMILES string of the molecule is NC(=O)[C@H](Cc1cccnc1Br)NC(=O)Cc1cccc(F)c1. The van der Waals surface area contributed by atoms with Gasteiger partial charge in [0.2, 0.25) is 11.8 Å². The number of nitrogens with two attached hydrogens (primary N) is 1. The summed E-state index contributed by atoms with van der Waals surface area (Å²) in [6, 6.07) is 8.38. The Morgan fingerprint density at radius 3 is 2.74 bits per heavy atom. The van der Waals surface area contributed by atoms with Gasteiger partial charge in [-0.2, -0.15) is 0 Å². The van der Waals surface area contributed by atoms with Crippen LogP contribution in [0.4, 0.5) is 4.39 Å². The Bertz CT molecular complexity index is 724. The van der Waals surface area contributed by atoms with Gasteiger partial charge in [-0.25, -0.2) is 9.37 Å². The summed E-state index contributed by atoms with van der Waals surface area (Å²) in [6.07, 6.45) is 1.80. The van der Waals surface area contributed by atoms with Crippen molar-refractivity contribution in [3.05, 3.63) is 64.1 Å². The van der Waals surface area contributed by atoms with Crippen LogP contribution < -0.4 is 11.1 Å². The van der Waals surface area contributed by atoms with E-state index in [1.807, 2.05) is 0 Å². The highest BCUT2D eigenvalue weighted by Crippen LogP contribution is 2.14. The summed E-state index contributed by atoms with van der Waals surface area (Å²) in [5.74, 6) is -1.46. The number of primary amides is 1. The van der Waals surface area contributed by atoms with Crippen molar-refractivity contribution in [3.63, 3.8) is 0 Å². The van der Waals surface area contributed by atoms with Crippen molar-refractivity contribution in [1.82, 2.24) is 10.3 Å². The topological polar surface area (TPSA) is 85.1 Å². The van der Waals surface area contributed by atoms with Gasteiger partial charge in [0, 0.05) is 12.6 Å². The highest BCUT2D eigenvalue weighted by atomic mass is 79.9. The Morgan fingerprint density at radius 2 is 2.09 bits per heavy atom.